The maximum atomic E-state index is 12.4. The molecule has 116 valence electrons. The third-order valence-electron chi connectivity index (χ3n) is 3.24. The Morgan fingerprint density at radius 3 is 2.55 bits per heavy atom. The maximum Gasteiger partial charge on any atom is 0.261 e. The number of rotatable bonds is 4. The van der Waals surface area contributed by atoms with Gasteiger partial charge in [-0.15, -0.1) is 0 Å². The quantitative estimate of drug-likeness (QED) is 0.470. The molecule has 1 aromatic rings. The Kier molecular flexibility index (Phi) is 4.94. The van der Waals surface area contributed by atoms with Crippen molar-refractivity contribution in [1.29, 1.82) is 0 Å². The van der Waals surface area contributed by atoms with Crippen LogP contribution >= 0.6 is 23.2 Å². The first-order chi connectivity index (χ1) is 10.4. The average Bonchev–Trinajstić information content (AvgIpc) is 2.74. The van der Waals surface area contributed by atoms with Crippen LogP contribution in [0.2, 0.25) is 10.0 Å². The van der Waals surface area contributed by atoms with Gasteiger partial charge in [0.2, 0.25) is 5.91 Å². The van der Waals surface area contributed by atoms with Crippen LogP contribution in [0, 0.1) is 0 Å². The van der Waals surface area contributed by atoms with E-state index in [9.17, 15) is 9.59 Å². The number of amides is 2. The molecule has 0 atom stereocenters. The van der Waals surface area contributed by atoms with E-state index >= 15 is 0 Å². The highest BCUT2D eigenvalue weighted by Gasteiger charge is 2.37. The summed E-state index contributed by atoms with van der Waals surface area (Å²) in [7, 11) is 0. The summed E-state index contributed by atoms with van der Waals surface area (Å²) in [5.41, 5.74) is 1.58. The topological polar surface area (TPSA) is 46.6 Å². The standard InChI is InChI=1S/C16H15Cl2NO3/c1-4-5-22-14-8-13(11(17)7-12(14)18)19-15(20)6-10(9(2)3)16(19)21/h4,7-8H,1,5-6H2,2-3H3. The van der Waals surface area contributed by atoms with Crippen LogP contribution in [-0.2, 0) is 9.59 Å². The van der Waals surface area contributed by atoms with Crippen molar-refractivity contribution in [1.82, 2.24) is 0 Å². The van der Waals surface area contributed by atoms with Crippen LogP contribution in [0.1, 0.15) is 20.3 Å². The summed E-state index contributed by atoms with van der Waals surface area (Å²) in [4.78, 5) is 25.7. The molecule has 0 bridgehead atoms. The first kappa shape index (κ1) is 16.6. The molecule has 1 aliphatic rings. The van der Waals surface area contributed by atoms with Gasteiger partial charge in [0.1, 0.15) is 12.4 Å². The van der Waals surface area contributed by atoms with Gasteiger partial charge in [0, 0.05) is 11.6 Å². The maximum absolute atomic E-state index is 12.4. The molecule has 1 heterocycles. The van der Waals surface area contributed by atoms with Gasteiger partial charge in [-0.3, -0.25) is 9.59 Å². The lowest BCUT2D eigenvalue weighted by atomic mass is 10.1. The zero-order valence-corrected chi connectivity index (χ0v) is 13.8. The number of hydrogen-bond donors (Lipinski definition) is 0. The van der Waals surface area contributed by atoms with E-state index in [1.807, 2.05) is 0 Å². The molecule has 22 heavy (non-hydrogen) atoms. The minimum atomic E-state index is -0.358. The zero-order chi connectivity index (χ0) is 16.4. The van der Waals surface area contributed by atoms with E-state index < -0.39 is 0 Å². The molecule has 6 heteroatoms. The number of anilines is 1. The highest BCUT2D eigenvalue weighted by Crippen LogP contribution is 2.39. The summed E-state index contributed by atoms with van der Waals surface area (Å²) in [6.07, 6.45) is 1.64. The number of halogens is 2. The van der Waals surface area contributed by atoms with Crippen LogP contribution in [0.4, 0.5) is 5.69 Å². The molecule has 0 saturated carbocycles. The molecule has 0 aromatic heterocycles. The molecule has 2 amide bonds. The summed E-state index contributed by atoms with van der Waals surface area (Å²) in [6, 6.07) is 2.95. The van der Waals surface area contributed by atoms with E-state index in [-0.39, 0.29) is 35.6 Å². The number of ether oxygens (including phenoxy) is 1. The van der Waals surface area contributed by atoms with Gasteiger partial charge in [-0.2, -0.15) is 0 Å². The molecule has 0 N–H and O–H groups in total. The molecular weight excluding hydrogens is 325 g/mol. The molecule has 0 spiro atoms. The van der Waals surface area contributed by atoms with Crippen molar-refractivity contribution in [3.8, 4) is 5.75 Å². The first-order valence-electron chi connectivity index (χ1n) is 6.63. The second-order valence-electron chi connectivity index (χ2n) is 5.02. The molecule has 0 unspecified atom stereocenters. The summed E-state index contributed by atoms with van der Waals surface area (Å²) < 4.78 is 5.42. The van der Waals surface area contributed by atoms with E-state index in [1.54, 1.807) is 19.9 Å². The first-order valence-corrected chi connectivity index (χ1v) is 7.38. The van der Waals surface area contributed by atoms with Crippen molar-refractivity contribution in [3.63, 3.8) is 0 Å². The van der Waals surface area contributed by atoms with Gasteiger partial charge in [0.25, 0.3) is 5.91 Å². The lowest BCUT2D eigenvalue weighted by Gasteiger charge is -2.17. The van der Waals surface area contributed by atoms with Gasteiger partial charge in [0.15, 0.2) is 0 Å². The molecule has 1 aromatic carbocycles. The fourth-order valence-corrected chi connectivity index (χ4v) is 2.66. The Labute approximate surface area is 138 Å². The smallest absolute Gasteiger partial charge is 0.261 e. The number of carbonyl (C=O) groups is 2. The van der Waals surface area contributed by atoms with Gasteiger partial charge in [-0.05, 0) is 19.9 Å². The fraction of sp³-hybridized carbons (Fsp3) is 0.250. The largest absolute Gasteiger partial charge is 0.488 e. The highest BCUT2D eigenvalue weighted by molar-refractivity contribution is 6.39. The van der Waals surface area contributed by atoms with Gasteiger partial charge in [0.05, 0.1) is 22.2 Å². The van der Waals surface area contributed by atoms with E-state index in [2.05, 4.69) is 6.58 Å². The summed E-state index contributed by atoms with van der Waals surface area (Å²) >= 11 is 12.2. The van der Waals surface area contributed by atoms with E-state index in [0.29, 0.717) is 16.3 Å². The minimum Gasteiger partial charge on any atom is -0.488 e. The molecule has 2 rings (SSSR count). The molecule has 1 aliphatic heterocycles. The minimum absolute atomic E-state index is 0.0724. The van der Waals surface area contributed by atoms with Gasteiger partial charge < -0.3 is 4.74 Å². The Bertz CT molecular complexity index is 691. The van der Waals surface area contributed by atoms with Crippen LogP contribution in [0.3, 0.4) is 0 Å². The van der Waals surface area contributed by atoms with Crippen LogP contribution in [0.15, 0.2) is 35.9 Å². The van der Waals surface area contributed by atoms with E-state index in [0.717, 1.165) is 10.5 Å². The van der Waals surface area contributed by atoms with Crippen molar-refractivity contribution >= 4 is 40.7 Å². The van der Waals surface area contributed by atoms with Crippen molar-refractivity contribution < 1.29 is 14.3 Å². The number of carbonyl (C=O) groups excluding carboxylic acids is 2. The van der Waals surface area contributed by atoms with Crippen molar-refractivity contribution in [2.24, 2.45) is 0 Å². The Hall–Kier alpha value is -1.78. The molecule has 4 nitrogen and oxygen atoms in total. The van der Waals surface area contributed by atoms with Crippen molar-refractivity contribution in [2.75, 3.05) is 11.5 Å². The second kappa shape index (κ2) is 6.55. The predicted molar refractivity (Wildman–Crippen MR) is 87.6 cm³/mol. The highest BCUT2D eigenvalue weighted by atomic mass is 35.5. The van der Waals surface area contributed by atoms with Crippen LogP contribution in [-0.4, -0.2) is 18.4 Å². The zero-order valence-electron chi connectivity index (χ0n) is 12.3. The number of allylic oxidation sites excluding steroid dienone is 1. The van der Waals surface area contributed by atoms with Crippen LogP contribution in [0.25, 0.3) is 0 Å². The third kappa shape index (κ3) is 3.03. The van der Waals surface area contributed by atoms with Gasteiger partial charge >= 0.3 is 0 Å². The lowest BCUT2D eigenvalue weighted by molar-refractivity contribution is -0.120. The number of nitrogens with zero attached hydrogens (tertiary/aromatic N) is 1. The molecule has 0 radical (unpaired) electrons. The molecular formula is C16H15Cl2NO3. The molecule has 0 aliphatic carbocycles. The Morgan fingerprint density at radius 1 is 1.32 bits per heavy atom. The summed E-state index contributed by atoms with van der Waals surface area (Å²) in [5, 5.41) is 0.518. The summed E-state index contributed by atoms with van der Waals surface area (Å²) in [6.45, 7) is 7.40. The second-order valence-corrected chi connectivity index (χ2v) is 5.84. The van der Waals surface area contributed by atoms with Crippen molar-refractivity contribution in [2.45, 2.75) is 20.3 Å². The van der Waals surface area contributed by atoms with E-state index in [1.165, 1.54) is 12.1 Å². The van der Waals surface area contributed by atoms with Crippen LogP contribution in [0.5, 0.6) is 5.75 Å². The van der Waals surface area contributed by atoms with Gasteiger partial charge in [-0.25, -0.2) is 4.90 Å². The number of hydrogen-bond acceptors (Lipinski definition) is 3. The van der Waals surface area contributed by atoms with Gasteiger partial charge in [-0.1, -0.05) is 41.4 Å². The fourth-order valence-electron chi connectivity index (χ4n) is 2.14. The number of benzene rings is 1. The normalized spacial score (nSPS) is 14.5. The number of imide groups is 1. The average molecular weight is 340 g/mol. The molecule has 1 fully saturated rings. The summed E-state index contributed by atoms with van der Waals surface area (Å²) in [5.74, 6) is -0.337. The SMILES string of the molecule is C=CCOc1cc(N2C(=O)CC(=C(C)C)C2=O)c(Cl)cc1Cl. The third-order valence-corrected chi connectivity index (χ3v) is 3.84. The Morgan fingerprint density at radius 2 is 2.00 bits per heavy atom. The lowest BCUT2D eigenvalue weighted by Crippen LogP contribution is -2.29. The van der Waals surface area contributed by atoms with Crippen LogP contribution < -0.4 is 9.64 Å². The Balaban J connectivity index is 2.48. The molecule has 1 saturated heterocycles. The monoisotopic (exact) mass is 339 g/mol. The van der Waals surface area contributed by atoms with E-state index in [4.69, 9.17) is 27.9 Å². The van der Waals surface area contributed by atoms with Crippen molar-refractivity contribution in [3.05, 3.63) is 46.0 Å². The predicted octanol–water partition coefficient (Wildman–Crippen LogP) is 4.16.